The highest BCUT2D eigenvalue weighted by Crippen LogP contribution is 2.12. The molecule has 27 heavy (non-hydrogen) atoms. The second-order valence-electron chi connectivity index (χ2n) is 6.68. The van der Waals surface area contributed by atoms with Crippen molar-refractivity contribution < 1.29 is 4.74 Å². The van der Waals surface area contributed by atoms with Gasteiger partial charge in [-0.05, 0) is 32.3 Å². The van der Waals surface area contributed by atoms with Crippen molar-refractivity contribution in [2.24, 2.45) is 12.0 Å². The zero-order chi connectivity index (χ0) is 18.4. The monoisotopic (exact) mass is 484 g/mol. The zero-order valence-corrected chi connectivity index (χ0v) is 18.5. The molecule has 1 aliphatic rings. The number of rotatable bonds is 6. The second kappa shape index (κ2) is 10.6. The normalized spacial score (nSPS) is 18.0. The van der Waals surface area contributed by atoms with Crippen molar-refractivity contribution in [2.75, 3.05) is 13.2 Å². The standard InChI is InChI=1S/C19H28N6O.HI/c1-14(16-8-5-4-6-9-16)22-19(20-12-17-10-7-11-26-17)21-13-18-24-23-15(2)25(18)3;/h4-6,8-9,14,17H,7,10-13H2,1-3H3,(H2,20,21,22);1H. The van der Waals surface area contributed by atoms with Crippen LogP contribution in [0.1, 0.15) is 43.0 Å². The van der Waals surface area contributed by atoms with E-state index in [1.165, 1.54) is 5.56 Å². The summed E-state index contributed by atoms with van der Waals surface area (Å²) in [5, 5.41) is 15.2. The number of nitrogens with zero attached hydrogens (tertiary/aromatic N) is 4. The van der Waals surface area contributed by atoms with Crippen LogP contribution < -0.4 is 10.6 Å². The molecule has 0 aliphatic carbocycles. The molecule has 8 heteroatoms. The molecule has 1 aromatic heterocycles. The summed E-state index contributed by atoms with van der Waals surface area (Å²) in [5.74, 6) is 2.49. The Balaban J connectivity index is 0.00000261. The Morgan fingerprint density at radius 3 is 2.74 bits per heavy atom. The van der Waals surface area contributed by atoms with Gasteiger partial charge in [0.25, 0.3) is 0 Å². The highest BCUT2D eigenvalue weighted by molar-refractivity contribution is 14.0. The highest BCUT2D eigenvalue weighted by Gasteiger charge is 2.16. The van der Waals surface area contributed by atoms with E-state index in [-0.39, 0.29) is 36.1 Å². The lowest BCUT2D eigenvalue weighted by Gasteiger charge is -2.20. The highest BCUT2D eigenvalue weighted by atomic mass is 127. The number of guanidine groups is 1. The summed E-state index contributed by atoms with van der Waals surface area (Å²) < 4.78 is 7.67. The van der Waals surface area contributed by atoms with E-state index in [0.717, 1.165) is 43.6 Å². The van der Waals surface area contributed by atoms with Crippen molar-refractivity contribution >= 4 is 29.9 Å². The van der Waals surface area contributed by atoms with Crippen LogP contribution in [-0.4, -0.2) is 40.0 Å². The minimum Gasteiger partial charge on any atom is -0.376 e. The molecule has 2 aromatic rings. The van der Waals surface area contributed by atoms with Gasteiger partial charge < -0.3 is 19.9 Å². The molecular weight excluding hydrogens is 455 g/mol. The first-order chi connectivity index (χ1) is 12.6. The van der Waals surface area contributed by atoms with Crippen LogP contribution >= 0.6 is 24.0 Å². The topological polar surface area (TPSA) is 76.4 Å². The van der Waals surface area contributed by atoms with Crippen molar-refractivity contribution in [1.82, 2.24) is 25.4 Å². The van der Waals surface area contributed by atoms with Crippen LogP contribution in [0.3, 0.4) is 0 Å². The molecule has 1 aliphatic heterocycles. The van der Waals surface area contributed by atoms with Gasteiger partial charge in [-0.3, -0.25) is 0 Å². The summed E-state index contributed by atoms with van der Waals surface area (Å²) in [5.41, 5.74) is 1.22. The summed E-state index contributed by atoms with van der Waals surface area (Å²) in [7, 11) is 1.96. The van der Waals surface area contributed by atoms with Gasteiger partial charge in [0, 0.05) is 20.2 Å². The second-order valence-corrected chi connectivity index (χ2v) is 6.68. The number of hydrogen-bond acceptors (Lipinski definition) is 4. The average molecular weight is 484 g/mol. The summed E-state index contributed by atoms with van der Waals surface area (Å²) >= 11 is 0. The Bertz CT molecular complexity index is 727. The molecule has 2 atom stereocenters. The number of nitrogens with one attached hydrogen (secondary N) is 2. The fraction of sp³-hybridized carbons (Fsp3) is 0.526. The van der Waals surface area contributed by atoms with Crippen LogP contribution in [0.5, 0.6) is 0 Å². The Kier molecular flexibility index (Phi) is 8.49. The van der Waals surface area contributed by atoms with Crippen LogP contribution in [0.15, 0.2) is 35.3 Å². The van der Waals surface area contributed by atoms with Crippen LogP contribution in [0, 0.1) is 6.92 Å². The van der Waals surface area contributed by atoms with E-state index >= 15 is 0 Å². The van der Waals surface area contributed by atoms with Crippen LogP contribution in [0.2, 0.25) is 0 Å². The smallest absolute Gasteiger partial charge is 0.192 e. The van der Waals surface area contributed by atoms with E-state index < -0.39 is 0 Å². The maximum Gasteiger partial charge on any atom is 0.192 e. The average Bonchev–Trinajstić information content (AvgIpc) is 3.29. The minimum absolute atomic E-state index is 0. The van der Waals surface area contributed by atoms with Crippen molar-refractivity contribution in [3.05, 3.63) is 47.5 Å². The van der Waals surface area contributed by atoms with Crippen molar-refractivity contribution in [3.63, 3.8) is 0 Å². The Morgan fingerprint density at radius 1 is 1.33 bits per heavy atom. The Hall–Kier alpha value is -1.68. The van der Waals surface area contributed by atoms with Crippen LogP contribution in [0.4, 0.5) is 0 Å². The molecule has 3 rings (SSSR count). The molecule has 1 aromatic carbocycles. The number of halogens is 1. The van der Waals surface area contributed by atoms with Gasteiger partial charge in [-0.2, -0.15) is 0 Å². The number of ether oxygens (including phenoxy) is 1. The summed E-state index contributed by atoms with van der Waals surface area (Å²) in [4.78, 5) is 4.71. The quantitative estimate of drug-likeness (QED) is 0.375. The first-order valence-electron chi connectivity index (χ1n) is 9.19. The largest absolute Gasteiger partial charge is 0.376 e. The molecule has 2 heterocycles. The molecular formula is C19H29IN6O. The third-order valence-corrected chi connectivity index (χ3v) is 4.74. The van der Waals surface area contributed by atoms with E-state index in [1.54, 1.807) is 0 Å². The van der Waals surface area contributed by atoms with Gasteiger partial charge in [0.1, 0.15) is 12.4 Å². The lowest BCUT2D eigenvalue weighted by molar-refractivity contribution is 0.113. The van der Waals surface area contributed by atoms with Crippen LogP contribution in [0.25, 0.3) is 0 Å². The Morgan fingerprint density at radius 2 is 2.11 bits per heavy atom. The lowest BCUT2D eigenvalue weighted by atomic mass is 10.1. The van der Waals surface area contributed by atoms with Gasteiger partial charge in [-0.25, -0.2) is 4.99 Å². The summed E-state index contributed by atoms with van der Waals surface area (Å²) in [6.07, 6.45) is 2.48. The molecule has 0 radical (unpaired) electrons. The van der Waals surface area contributed by atoms with Crippen molar-refractivity contribution in [2.45, 2.75) is 45.4 Å². The number of aliphatic imine (C=N–C) groups is 1. The number of benzene rings is 1. The fourth-order valence-electron chi connectivity index (χ4n) is 2.94. The Labute approximate surface area is 178 Å². The molecule has 0 spiro atoms. The molecule has 0 amide bonds. The van der Waals surface area contributed by atoms with E-state index in [2.05, 4.69) is 39.9 Å². The molecule has 148 valence electrons. The maximum atomic E-state index is 5.71. The molecule has 0 bridgehead atoms. The lowest BCUT2D eigenvalue weighted by Crippen LogP contribution is -2.42. The van der Waals surface area contributed by atoms with E-state index in [0.29, 0.717) is 6.54 Å². The van der Waals surface area contributed by atoms with Gasteiger partial charge in [0.15, 0.2) is 11.8 Å². The maximum absolute atomic E-state index is 5.71. The van der Waals surface area contributed by atoms with Crippen molar-refractivity contribution in [3.8, 4) is 0 Å². The number of aromatic nitrogens is 3. The van der Waals surface area contributed by atoms with E-state index in [1.807, 2.05) is 36.7 Å². The summed E-state index contributed by atoms with van der Waals surface area (Å²) in [6, 6.07) is 10.5. The first kappa shape index (κ1) is 21.6. The van der Waals surface area contributed by atoms with Gasteiger partial charge in [0.05, 0.1) is 12.1 Å². The molecule has 1 fully saturated rings. The third-order valence-electron chi connectivity index (χ3n) is 4.74. The molecule has 2 N–H and O–H groups in total. The summed E-state index contributed by atoms with van der Waals surface area (Å²) in [6.45, 7) is 6.15. The zero-order valence-electron chi connectivity index (χ0n) is 16.2. The SMILES string of the molecule is Cc1nnc(CN=C(NCC2CCCO2)NC(C)c2ccccc2)n1C.I. The van der Waals surface area contributed by atoms with Gasteiger partial charge in [-0.1, -0.05) is 30.3 Å². The fourth-order valence-corrected chi connectivity index (χ4v) is 2.94. The number of aryl methyl sites for hydroxylation is 1. The minimum atomic E-state index is 0. The predicted molar refractivity (Wildman–Crippen MR) is 117 cm³/mol. The van der Waals surface area contributed by atoms with Gasteiger partial charge in [-0.15, -0.1) is 34.2 Å². The molecule has 1 saturated heterocycles. The molecule has 7 nitrogen and oxygen atoms in total. The van der Waals surface area contributed by atoms with Gasteiger partial charge >= 0.3 is 0 Å². The van der Waals surface area contributed by atoms with E-state index in [4.69, 9.17) is 9.73 Å². The third kappa shape index (κ3) is 6.17. The van der Waals surface area contributed by atoms with Crippen molar-refractivity contribution in [1.29, 1.82) is 0 Å². The van der Waals surface area contributed by atoms with Gasteiger partial charge in [0.2, 0.25) is 0 Å². The molecule has 0 saturated carbocycles. The molecule has 2 unspecified atom stereocenters. The number of hydrogen-bond donors (Lipinski definition) is 2. The predicted octanol–water partition coefficient (Wildman–Crippen LogP) is 2.72. The van der Waals surface area contributed by atoms with E-state index in [9.17, 15) is 0 Å². The first-order valence-corrected chi connectivity index (χ1v) is 9.19. The van der Waals surface area contributed by atoms with Crippen LogP contribution in [-0.2, 0) is 18.3 Å².